The first-order valence-corrected chi connectivity index (χ1v) is 20.1. The first kappa shape index (κ1) is 48.7. The molecule has 0 aliphatic carbocycles. The third-order valence-electron chi connectivity index (χ3n) is 9.62. The number of hydrogen-bond donors (Lipinski definition) is 9. The maximum Gasteiger partial charge on any atom is 0.411 e. The van der Waals surface area contributed by atoms with E-state index >= 15 is 0 Å². The fraction of sp³-hybridized carbons (Fsp3) is 0.381. The van der Waals surface area contributed by atoms with Crippen molar-refractivity contribution in [2.75, 3.05) is 5.75 Å². The maximum absolute atomic E-state index is 14.3. The van der Waals surface area contributed by atoms with Gasteiger partial charge in [0.25, 0.3) is 0 Å². The van der Waals surface area contributed by atoms with Gasteiger partial charge in [-0.3, -0.25) is 33.7 Å². The molecule has 19 heteroatoms. The van der Waals surface area contributed by atoms with Crippen molar-refractivity contribution in [1.29, 1.82) is 0 Å². The number of benzene rings is 3. The Balaban J connectivity index is 1.94. The van der Waals surface area contributed by atoms with Gasteiger partial charge in [-0.15, -0.1) is 0 Å². The number of phenols is 1. The number of carboxylic acid groups (broad SMARTS) is 1. The average molecular weight is 864 g/mol. The summed E-state index contributed by atoms with van der Waals surface area (Å²) in [5.41, 5.74) is 12.3. The molecule has 6 unspecified atom stereocenters. The largest absolute Gasteiger partial charge is 0.508 e. The second kappa shape index (κ2) is 24.5. The van der Waals surface area contributed by atoms with E-state index in [1.807, 2.05) is 6.07 Å². The molecule has 0 saturated heterocycles. The molecule has 7 amide bonds. The number of nitrogens with two attached hydrogens (primary N) is 2. The molecule has 3 aromatic carbocycles. The summed E-state index contributed by atoms with van der Waals surface area (Å²) in [4.78, 5) is 105. The van der Waals surface area contributed by atoms with Crippen LogP contribution >= 0.6 is 12.6 Å². The second-order valence-electron chi connectivity index (χ2n) is 14.3. The molecule has 0 aliphatic heterocycles. The Labute approximate surface area is 358 Å². The highest BCUT2D eigenvalue weighted by atomic mass is 32.1. The molecule has 0 saturated carbocycles. The number of ether oxygens (including phenoxy) is 1. The number of carboxylic acids is 1. The normalized spacial score (nSPS) is 13.8. The average Bonchev–Trinajstić information content (AvgIpc) is 3.23. The summed E-state index contributed by atoms with van der Waals surface area (Å²) in [5.74, 6) is -7.85. The fourth-order valence-corrected chi connectivity index (χ4v) is 6.36. The summed E-state index contributed by atoms with van der Waals surface area (Å²) in [6.45, 7) is 3.23. The van der Waals surface area contributed by atoms with Crippen LogP contribution in [0.4, 0.5) is 4.79 Å². The molecular formula is C42H53N7O11S. The van der Waals surface area contributed by atoms with Crippen molar-refractivity contribution in [3.05, 3.63) is 102 Å². The van der Waals surface area contributed by atoms with Crippen LogP contribution in [0.1, 0.15) is 56.2 Å². The highest BCUT2D eigenvalue weighted by Crippen LogP contribution is 2.17. The number of rotatable bonds is 24. The number of thiol groups is 1. The second-order valence-corrected chi connectivity index (χ2v) is 14.7. The third kappa shape index (κ3) is 16.2. The Morgan fingerprint density at radius 1 is 0.705 bits per heavy atom. The van der Waals surface area contributed by atoms with Crippen LogP contribution in [0.25, 0.3) is 0 Å². The number of hydrogen-bond acceptors (Lipinski definition) is 11. The first-order valence-electron chi connectivity index (χ1n) is 19.4. The van der Waals surface area contributed by atoms with Gasteiger partial charge in [0.2, 0.25) is 35.4 Å². The number of nitrogens with zero attached hydrogens (tertiary/aromatic N) is 1. The number of aliphatic carboxylic acids is 1. The van der Waals surface area contributed by atoms with Crippen molar-refractivity contribution in [2.45, 2.75) is 89.3 Å². The molecule has 0 spiro atoms. The summed E-state index contributed by atoms with van der Waals surface area (Å²) in [6.07, 6.45) is -2.18. The van der Waals surface area contributed by atoms with Crippen molar-refractivity contribution in [2.24, 2.45) is 17.4 Å². The van der Waals surface area contributed by atoms with Crippen molar-refractivity contribution < 1.29 is 53.3 Å². The van der Waals surface area contributed by atoms with Gasteiger partial charge >= 0.3 is 12.1 Å². The third-order valence-corrected chi connectivity index (χ3v) is 9.97. The Kier molecular flexibility index (Phi) is 19.5. The van der Waals surface area contributed by atoms with E-state index in [1.54, 1.807) is 68.4 Å². The van der Waals surface area contributed by atoms with Crippen LogP contribution in [0.15, 0.2) is 84.9 Å². The molecule has 10 N–H and O–H groups in total. The number of phenolic OH excluding ortho intramolecular Hbond substituents is 1. The molecule has 0 heterocycles. The Hall–Kier alpha value is -6.63. The SMILES string of the molecule is CCC(C)C(NC(=O)C(Cc1ccc(O)cc1)NC(=O)C(CS)N(Cc1ccccc1)C(=O)OCc1ccccc1)C(=O)NC(CCC(N)=O)C(=O)NC(CC(N)=O)C(=O)O. The van der Waals surface area contributed by atoms with Gasteiger partial charge in [0.15, 0.2) is 0 Å². The van der Waals surface area contributed by atoms with Gasteiger partial charge in [0, 0.05) is 25.1 Å². The van der Waals surface area contributed by atoms with Gasteiger partial charge in [-0.05, 0) is 41.2 Å². The minimum Gasteiger partial charge on any atom is -0.508 e. The van der Waals surface area contributed by atoms with Crippen LogP contribution in [-0.2, 0) is 57.9 Å². The maximum atomic E-state index is 14.3. The quantitative estimate of drug-likeness (QED) is 0.0579. The minimum atomic E-state index is -1.75. The van der Waals surface area contributed by atoms with Crippen LogP contribution in [-0.4, -0.2) is 98.6 Å². The van der Waals surface area contributed by atoms with Crippen molar-refractivity contribution in [3.63, 3.8) is 0 Å². The monoisotopic (exact) mass is 863 g/mol. The molecule has 61 heavy (non-hydrogen) atoms. The lowest BCUT2D eigenvalue weighted by atomic mass is 9.96. The zero-order valence-electron chi connectivity index (χ0n) is 33.8. The van der Waals surface area contributed by atoms with E-state index in [1.165, 1.54) is 29.2 Å². The van der Waals surface area contributed by atoms with E-state index < -0.39 is 96.5 Å². The van der Waals surface area contributed by atoms with Gasteiger partial charge in [-0.1, -0.05) is 93.1 Å². The van der Waals surface area contributed by atoms with Crippen LogP contribution in [0, 0.1) is 5.92 Å². The molecule has 3 aromatic rings. The van der Waals surface area contributed by atoms with Crippen LogP contribution in [0.3, 0.4) is 0 Å². The highest BCUT2D eigenvalue weighted by molar-refractivity contribution is 7.80. The lowest BCUT2D eigenvalue weighted by Gasteiger charge is -2.32. The lowest BCUT2D eigenvalue weighted by molar-refractivity contribution is -0.144. The topological polar surface area (TPSA) is 290 Å². The number of carbonyl (C=O) groups excluding carboxylic acids is 7. The highest BCUT2D eigenvalue weighted by Gasteiger charge is 2.36. The number of primary amides is 2. The molecule has 0 aromatic heterocycles. The number of carbonyl (C=O) groups is 8. The van der Waals surface area contributed by atoms with Gasteiger partial charge < -0.3 is 47.7 Å². The molecule has 6 atom stereocenters. The summed E-state index contributed by atoms with van der Waals surface area (Å²) in [6, 6.07) is 16.3. The summed E-state index contributed by atoms with van der Waals surface area (Å²) < 4.78 is 5.62. The Morgan fingerprint density at radius 2 is 1.26 bits per heavy atom. The predicted molar refractivity (Wildman–Crippen MR) is 225 cm³/mol. The van der Waals surface area contributed by atoms with E-state index in [0.717, 1.165) is 0 Å². The predicted octanol–water partition coefficient (Wildman–Crippen LogP) is 1.28. The Morgan fingerprint density at radius 3 is 1.80 bits per heavy atom. The summed E-state index contributed by atoms with van der Waals surface area (Å²) in [7, 11) is 0. The molecular weight excluding hydrogens is 811 g/mol. The zero-order chi connectivity index (χ0) is 45.1. The van der Waals surface area contributed by atoms with E-state index in [4.69, 9.17) is 16.2 Å². The molecule has 328 valence electrons. The number of amides is 7. The summed E-state index contributed by atoms with van der Waals surface area (Å²) >= 11 is 4.42. The first-order chi connectivity index (χ1) is 29.0. The molecule has 0 bridgehead atoms. The molecule has 3 rings (SSSR count). The van der Waals surface area contributed by atoms with Crippen LogP contribution in [0.2, 0.25) is 0 Å². The van der Waals surface area contributed by atoms with E-state index in [9.17, 15) is 48.6 Å². The minimum absolute atomic E-state index is 0.0535. The fourth-order valence-electron chi connectivity index (χ4n) is 6.00. The lowest BCUT2D eigenvalue weighted by Crippen LogP contribution is -2.61. The summed E-state index contributed by atoms with van der Waals surface area (Å²) in [5, 5.41) is 29.4. The van der Waals surface area contributed by atoms with Gasteiger partial charge in [0.1, 0.15) is 42.6 Å². The standard InChI is InChI=1S/C42H53N7O11S/c1-3-25(2)36(40(56)45-30(18-19-34(43)51)37(53)47-32(41(57)58)21-35(44)52)48-38(54)31(20-26-14-16-29(50)17-15-26)46-39(55)33(24-61)49(22-27-10-6-4-7-11-27)42(59)60-23-28-12-8-5-9-13-28/h4-17,25,30-33,36,50,61H,3,18-24H2,1-2H3,(H2,43,51)(H2,44,52)(H,45,56)(H,46,55)(H,47,53)(H,48,54)(H,57,58). The van der Waals surface area contributed by atoms with Gasteiger partial charge in [0.05, 0.1) is 6.42 Å². The van der Waals surface area contributed by atoms with Crippen molar-refractivity contribution in [3.8, 4) is 5.75 Å². The zero-order valence-corrected chi connectivity index (χ0v) is 34.7. The van der Waals surface area contributed by atoms with Crippen molar-refractivity contribution in [1.82, 2.24) is 26.2 Å². The molecule has 0 radical (unpaired) electrons. The van der Waals surface area contributed by atoms with E-state index in [-0.39, 0.29) is 37.5 Å². The van der Waals surface area contributed by atoms with Gasteiger partial charge in [-0.25, -0.2) is 9.59 Å². The molecule has 18 nitrogen and oxygen atoms in total. The molecule has 0 aliphatic rings. The molecule has 0 fully saturated rings. The van der Waals surface area contributed by atoms with E-state index in [0.29, 0.717) is 23.1 Å². The number of aromatic hydroxyl groups is 1. The van der Waals surface area contributed by atoms with E-state index in [2.05, 4.69) is 33.9 Å². The Bertz CT molecular complexity index is 1970. The van der Waals surface area contributed by atoms with Crippen LogP contribution in [0.5, 0.6) is 5.75 Å². The van der Waals surface area contributed by atoms with Gasteiger partial charge in [-0.2, -0.15) is 12.6 Å². The smallest absolute Gasteiger partial charge is 0.411 e. The number of nitrogens with one attached hydrogen (secondary N) is 4. The van der Waals surface area contributed by atoms with Crippen molar-refractivity contribution >= 4 is 60.1 Å². The van der Waals surface area contributed by atoms with Crippen LogP contribution < -0.4 is 32.7 Å².